The summed E-state index contributed by atoms with van der Waals surface area (Å²) in [5, 5.41) is 17.5. The highest BCUT2D eigenvalue weighted by Gasteiger charge is 2.15. The monoisotopic (exact) mass is 506 g/mol. The maximum absolute atomic E-state index is 4.75. The molecule has 0 radical (unpaired) electrons. The van der Waals surface area contributed by atoms with Gasteiger partial charge in [-0.25, -0.2) is 4.99 Å². The number of halogens is 1. The molecular formula is C17H27IN6S2. The molecule has 0 amide bonds. The summed E-state index contributed by atoms with van der Waals surface area (Å²) < 4.78 is 1.99. The van der Waals surface area contributed by atoms with Crippen LogP contribution in [0.2, 0.25) is 0 Å². The van der Waals surface area contributed by atoms with Gasteiger partial charge >= 0.3 is 0 Å². The number of thiophene rings is 1. The van der Waals surface area contributed by atoms with Gasteiger partial charge in [-0.1, -0.05) is 6.07 Å². The van der Waals surface area contributed by atoms with Gasteiger partial charge in [0.05, 0.1) is 0 Å². The topological polar surface area (TPSA) is 67.1 Å². The molecule has 1 fully saturated rings. The smallest absolute Gasteiger partial charge is 0.191 e. The number of nitrogens with zero attached hydrogens (tertiary/aromatic N) is 4. The third-order valence-electron chi connectivity index (χ3n) is 4.31. The fourth-order valence-corrected chi connectivity index (χ4v) is 4.48. The minimum atomic E-state index is 0. The Morgan fingerprint density at radius 3 is 2.96 bits per heavy atom. The molecule has 2 aromatic heterocycles. The summed E-state index contributed by atoms with van der Waals surface area (Å²) in [6.45, 7) is 3.37. The van der Waals surface area contributed by atoms with Crippen LogP contribution in [0.25, 0.3) is 0 Å². The van der Waals surface area contributed by atoms with Gasteiger partial charge in [0.25, 0.3) is 0 Å². The number of thioether (sulfide) groups is 1. The quantitative estimate of drug-likeness (QED) is 0.358. The van der Waals surface area contributed by atoms with Crippen molar-refractivity contribution < 1.29 is 0 Å². The number of hydrogen-bond acceptors (Lipinski definition) is 5. The van der Waals surface area contributed by atoms with Crippen molar-refractivity contribution in [2.24, 2.45) is 12.0 Å². The zero-order valence-corrected chi connectivity index (χ0v) is 19.2. The molecule has 3 heterocycles. The number of nitrogens with one attached hydrogen (secondary N) is 2. The van der Waals surface area contributed by atoms with Crippen LogP contribution in [0, 0.1) is 6.92 Å². The van der Waals surface area contributed by atoms with Crippen LogP contribution in [0.1, 0.15) is 29.4 Å². The van der Waals surface area contributed by atoms with Crippen molar-refractivity contribution in [2.75, 3.05) is 18.1 Å². The largest absolute Gasteiger partial charge is 0.356 e. The third-order valence-corrected chi connectivity index (χ3v) is 6.46. The maximum atomic E-state index is 4.75. The normalized spacial score (nSPS) is 17.6. The van der Waals surface area contributed by atoms with Crippen molar-refractivity contribution in [3.63, 3.8) is 0 Å². The molecular weight excluding hydrogens is 479 g/mol. The molecule has 9 heteroatoms. The number of aryl methyl sites for hydroxylation is 1. The first-order valence-corrected chi connectivity index (χ1v) is 10.8. The second kappa shape index (κ2) is 11.1. The molecule has 0 bridgehead atoms. The molecule has 2 N–H and O–H groups in total. The van der Waals surface area contributed by atoms with Crippen LogP contribution in [0.3, 0.4) is 0 Å². The Morgan fingerprint density at radius 2 is 2.31 bits per heavy atom. The molecule has 0 saturated carbocycles. The summed E-state index contributed by atoms with van der Waals surface area (Å²) in [6, 6.07) is 4.77. The zero-order chi connectivity index (χ0) is 17.5. The van der Waals surface area contributed by atoms with E-state index in [1.807, 2.05) is 30.3 Å². The van der Waals surface area contributed by atoms with Crippen molar-refractivity contribution in [3.8, 4) is 0 Å². The van der Waals surface area contributed by atoms with Gasteiger partial charge < -0.3 is 15.2 Å². The Hall–Kier alpha value is -0.810. The van der Waals surface area contributed by atoms with E-state index in [1.165, 1.54) is 23.5 Å². The Balaban J connectivity index is 0.00000243. The van der Waals surface area contributed by atoms with Gasteiger partial charge in [0.15, 0.2) is 11.8 Å². The predicted molar refractivity (Wildman–Crippen MR) is 122 cm³/mol. The second-order valence-corrected chi connectivity index (χ2v) is 8.38. The fourth-order valence-electron chi connectivity index (χ4n) is 2.70. The van der Waals surface area contributed by atoms with Crippen molar-refractivity contribution in [3.05, 3.63) is 34.0 Å². The van der Waals surface area contributed by atoms with Crippen LogP contribution >= 0.6 is 47.1 Å². The summed E-state index contributed by atoms with van der Waals surface area (Å²) in [5.74, 6) is 5.09. The number of aromatic nitrogens is 3. The van der Waals surface area contributed by atoms with E-state index in [1.54, 1.807) is 11.3 Å². The van der Waals surface area contributed by atoms with Crippen LogP contribution in [0.15, 0.2) is 22.5 Å². The summed E-state index contributed by atoms with van der Waals surface area (Å²) in [6.07, 6.45) is 3.50. The van der Waals surface area contributed by atoms with Gasteiger partial charge in [0.2, 0.25) is 0 Å². The van der Waals surface area contributed by atoms with Gasteiger partial charge in [-0.2, -0.15) is 11.8 Å². The molecule has 6 nitrogen and oxygen atoms in total. The first kappa shape index (κ1) is 21.5. The number of hydrogen-bond donors (Lipinski definition) is 2. The van der Waals surface area contributed by atoms with E-state index in [9.17, 15) is 0 Å². The van der Waals surface area contributed by atoms with Crippen molar-refractivity contribution >= 4 is 53.0 Å². The Bertz CT molecular complexity index is 679. The summed E-state index contributed by atoms with van der Waals surface area (Å²) >= 11 is 3.82. The molecule has 1 saturated heterocycles. The zero-order valence-electron chi connectivity index (χ0n) is 15.3. The first-order valence-electron chi connectivity index (χ1n) is 8.72. The molecule has 1 aliphatic heterocycles. The van der Waals surface area contributed by atoms with Gasteiger partial charge in [-0.3, -0.25) is 0 Å². The summed E-state index contributed by atoms with van der Waals surface area (Å²) in [4.78, 5) is 6.14. The summed E-state index contributed by atoms with van der Waals surface area (Å²) in [7, 11) is 1.98. The third kappa shape index (κ3) is 6.41. The molecule has 3 rings (SSSR count). The predicted octanol–water partition coefficient (Wildman–Crippen LogP) is 2.98. The van der Waals surface area contributed by atoms with E-state index >= 15 is 0 Å². The number of aliphatic imine (C=N–C) groups is 1. The lowest BCUT2D eigenvalue weighted by atomic mass is 10.2. The fraction of sp³-hybridized carbons (Fsp3) is 0.588. The highest BCUT2D eigenvalue weighted by Crippen LogP contribution is 2.16. The molecule has 1 unspecified atom stereocenters. The van der Waals surface area contributed by atoms with E-state index < -0.39 is 0 Å². The van der Waals surface area contributed by atoms with Crippen LogP contribution < -0.4 is 10.6 Å². The number of guanidine groups is 1. The van der Waals surface area contributed by atoms with Crippen LogP contribution in [-0.2, 0) is 20.0 Å². The standard InChI is InChI=1S/C17H26N6S2.HI/c1-13-21-22-16(23(13)2)11-19-17(20-14-5-3-9-24-12-14)18-8-7-15-6-4-10-25-15;/h4,6,10,14H,3,5,7-9,11-12H2,1-2H3,(H2,18,19,20);1H. The van der Waals surface area contributed by atoms with Crippen molar-refractivity contribution in [2.45, 2.75) is 38.8 Å². The molecule has 1 aliphatic rings. The lowest BCUT2D eigenvalue weighted by molar-refractivity contribution is 0.580. The van der Waals surface area contributed by atoms with Gasteiger partial charge in [-0.15, -0.1) is 45.5 Å². The Kier molecular flexibility index (Phi) is 9.20. The minimum Gasteiger partial charge on any atom is -0.356 e. The van der Waals surface area contributed by atoms with Crippen LogP contribution in [-0.4, -0.2) is 44.8 Å². The first-order chi connectivity index (χ1) is 12.2. The van der Waals surface area contributed by atoms with Crippen molar-refractivity contribution in [1.29, 1.82) is 0 Å². The summed E-state index contributed by atoms with van der Waals surface area (Å²) in [5.41, 5.74) is 0. The SMILES string of the molecule is Cc1nnc(CN=C(NCCc2cccs2)NC2CCCSC2)n1C.I. The van der Waals surface area contributed by atoms with E-state index in [2.05, 4.69) is 38.3 Å². The van der Waals surface area contributed by atoms with Gasteiger partial charge in [-0.05, 0) is 43.4 Å². The van der Waals surface area contributed by atoms with E-state index in [-0.39, 0.29) is 24.0 Å². The molecule has 0 aromatic carbocycles. The van der Waals surface area contributed by atoms with Crippen molar-refractivity contribution in [1.82, 2.24) is 25.4 Å². The minimum absolute atomic E-state index is 0. The Morgan fingerprint density at radius 1 is 1.42 bits per heavy atom. The van der Waals surface area contributed by atoms with Gasteiger partial charge in [0.1, 0.15) is 12.4 Å². The second-order valence-electron chi connectivity index (χ2n) is 6.20. The van der Waals surface area contributed by atoms with E-state index in [0.29, 0.717) is 12.6 Å². The lowest BCUT2D eigenvalue weighted by Gasteiger charge is -2.24. The van der Waals surface area contributed by atoms with E-state index in [4.69, 9.17) is 4.99 Å². The van der Waals surface area contributed by atoms with Crippen LogP contribution in [0.5, 0.6) is 0 Å². The molecule has 26 heavy (non-hydrogen) atoms. The Labute approximate surface area is 180 Å². The molecule has 0 spiro atoms. The van der Waals surface area contributed by atoms with Crippen LogP contribution in [0.4, 0.5) is 0 Å². The average molecular weight is 506 g/mol. The van der Waals surface area contributed by atoms with E-state index in [0.717, 1.165) is 36.3 Å². The highest BCUT2D eigenvalue weighted by atomic mass is 127. The van der Waals surface area contributed by atoms with Gasteiger partial charge in [0, 0.05) is 30.3 Å². The molecule has 0 aliphatic carbocycles. The molecule has 1 atom stereocenters. The molecule has 2 aromatic rings. The average Bonchev–Trinajstić information content (AvgIpc) is 3.25. The number of rotatable bonds is 6. The lowest BCUT2D eigenvalue weighted by Crippen LogP contribution is -2.46. The highest BCUT2D eigenvalue weighted by molar-refractivity contribution is 14.0. The molecule has 144 valence electrons. The maximum Gasteiger partial charge on any atom is 0.191 e.